The molecule has 5 nitrogen and oxygen atoms in total. The summed E-state index contributed by atoms with van der Waals surface area (Å²) in [5, 5.41) is 11.7. The van der Waals surface area contributed by atoms with E-state index in [-0.39, 0.29) is 24.4 Å². The maximum absolute atomic E-state index is 12.6. The van der Waals surface area contributed by atoms with E-state index in [1.165, 1.54) is 19.2 Å². The van der Waals surface area contributed by atoms with E-state index in [2.05, 4.69) is 5.32 Å². The van der Waals surface area contributed by atoms with Gasteiger partial charge in [-0.1, -0.05) is 31.5 Å². The first kappa shape index (κ1) is 23.3. The predicted molar refractivity (Wildman–Crippen MR) is 105 cm³/mol. The van der Waals surface area contributed by atoms with Gasteiger partial charge in [0.15, 0.2) is 0 Å². The Labute approximate surface area is 172 Å². The molecule has 0 aliphatic carbocycles. The van der Waals surface area contributed by atoms with Gasteiger partial charge in [-0.05, 0) is 47.7 Å². The third-order valence-electron chi connectivity index (χ3n) is 4.81. The van der Waals surface area contributed by atoms with Gasteiger partial charge in [0.05, 0.1) is 18.2 Å². The number of carboxylic acids is 1. The number of hydrogen-bond acceptors (Lipinski definition) is 3. The summed E-state index contributed by atoms with van der Waals surface area (Å²) >= 11 is 0. The minimum Gasteiger partial charge on any atom is -0.496 e. The van der Waals surface area contributed by atoms with E-state index in [0.29, 0.717) is 24.2 Å². The number of amides is 1. The van der Waals surface area contributed by atoms with Crippen LogP contribution in [-0.4, -0.2) is 24.1 Å². The van der Waals surface area contributed by atoms with Gasteiger partial charge in [-0.3, -0.25) is 9.59 Å². The zero-order valence-corrected chi connectivity index (χ0v) is 16.8. The van der Waals surface area contributed by atoms with Crippen LogP contribution < -0.4 is 10.1 Å². The molecule has 0 saturated heterocycles. The summed E-state index contributed by atoms with van der Waals surface area (Å²) in [6.07, 6.45) is -3.18. The molecule has 162 valence electrons. The van der Waals surface area contributed by atoms with Crippen molar-refractivity contribution in [2.24, 2.45) is 5.92 Å². The Kier molecular flexibility index (Phi) is 7.86. The summed E-state index contributed by atoms with van der Waals surface area (Å²) < 4.78 is 43.2. The lowest BCUT2D eigenvalue weighted by atomic mass is 9.93. The summed E-state index contributed by atoms with van der Waals surface area (Å²) in [7, 11) is 1.43. The number of halogens is 3. The van der Waals surface area contributed by atoms with Crippen molar-refractivity contribution < 1.29 is 32.6 Å². The number of nitrogens with one attached hydrogen (secondary N) is 1. The summed E-state index contributed by atoms with van der Waals surface area (Å²) in [6.45, 7) is 1.97. The topological polar surface area (TPSA) is 75.6 Å². The van der Waals surface area contributed by atoms with Crippen molar-refractivity contribution in [3.8, 4) is 5.75 Å². The molecular weight excluding hydrogens is 399 g/mol. The molecular formula is C22H24F3NO4. The zero-order valence-electron chi connectivity index (χ0n) is 16.8. The lowest BCUT2D eigenvalue weighted by Crippen LogP contribution is -2.23. The number of benzene rings is 2. The molecule has 30 heavy (non-hydrogen) atoms. The molecule has 2 N–H and O–H groups in total. The van der Waals surface area contributed by atoms with Gasteiger partial charge in [0, 0.05) is 13.0 Å². The van der Waals surface area contributed by atoms with E-state index >= 15 is 0 Å². The van der Waals surface area contributed by atoms with Gasteiger partial charge in [0.25, 0.3) is 5.91 Å². The molecule has 0 radical (unpaired) electrons. The van der Waals surface area contributed by atoms with Crippen molar-refractivity contribution in [2.45, 2.75) is 38.9 Å². The highest BCUT2D eigenvalue weighted by Gasteiger charge is 2.29. The summed E-state index contributed by atoms with van der Waals surface area (Å²) in [5.74, 6) is -1.00. The Morgan fingerprint density at radius 2 is 1.73 bits per heavy atom. The first-order chi connectivity index (χ1) is 14.1. The number of aliphatic carboxylic acids is 1. The maximum atomic E-state index is 12.6. The Balaban J connectivity index is 2.10. The van der Waals surface area contributed by atoms with Crippen LogP contribution in [0.2, 0.25) is 0 Å². The van der Waals surface area contributed by atoms with Crippen LogP contribution in [0, 0.1) is 5.92 Å². The summed E-state index contributed by atoms with van der Waals surface area (Å²) in [5.41, 5.74) is 0.869. The largest absolute Gasteiger partial charge is 0.496 e. The number of carboxylic acid groups (broad SMARTS) is 1. The third kappa shape index (κ3) is 6.50. The number of hydrogen-bond donors (Lipinski definition) is 2. The van der Waals surface area contributed by atoms with Crippen LogP contribution in [0.4, 0.5) is 13.2 Å². The van der Waals surface area contributed by atoms with Crippen LogP contribution in [0.5, 0.6) is 5.75 Å². The fraction of sp³-hybridized carbons (Fsp3) is 0.364. The second kappa shape index (κ2) is 10.1. The molecule has 0 aromatic heterocycles. The van der Waals surface area contributed by atoms with Gasteiger partial charge in [-0.25, -0.2) is 0 Å². The molecule has 0 fully saturated rings. The molecule has 0 spiro atoms. The molecule has 0 saturated carbocycles. The fourth-order valence-electron chi connectivity index (χ4n) is 3.09. The molecule has 1 amide bonds. The number of ether oxygens (including phenoxy) is 1. The van der Waals surface area contributed by atoms with Crippen LogP contribution in [0.15, 0.2) is 42.5 Å². The van der Waals surface area contributed by atoms with Crippen molar-refractivity contribution in [1.82, 2.24) is 5.32 Å². The van der Waals surface area contributed by atoms with Gasteiger partial charge >= 0.3 is 12.1 Å². The van der Waals surface area contributed by atoms with Gasteiger partial charge < -0.3 is 15.2 Å². The SMILES string of the molecule is CCC(CC(=O)O)Cc1ccc(OC)c(C(=O)NCc2ccc(C(F)(F)F)cc2)c1. The van der Waals surface area contributed by atoms with E-state index in [0.717, 1.165) is 17.7 Å². The number of rotatable bonds is 9. The van der Waals surface area contributed by atoms with E-state index < -0.39 is 23.6 Å². The summed E-state index contributed by atoms with van der Waals surface area (Å²) in [4.78, 5) is 23.6. The van der Waals surface area contributed by atoms with Gasteiger partial charge in [0.2, 0.25) is 0 Å². The Morgan fingerprint density at radius 1 is 1.10 bits per heavy atom. The zero-order chi connectivity index (χ0) is 22.3. The average molecular weight is 423 g/mol. The minimum absolute atomic E-state index is 0.0397. The lowest BCUT2D eigenvalue weighted by Gasteiger charge is -2.15. The van der Waals surface area contributed by atoms with Crippen LogP contribution >= 0.6 is 0 Å². The Hall–Kier alpha value is -3.03. The number of carbonyl (C=O) groups excluding carboxylic acids is 1. The fourth-order valence-corrected chi connectivity index (χ4v) is 3.09. The van der Waals surface area contributed by atoms with Gasteiger partial charge in [0.1, 0.15) is 5.75 Å². The van der Waals surface area contributed by atoms with E-state index in [4.69, 9.17) is 9.84 Å². The van der Waals surface area contributed by atoms with Crippen molar-refractivity contribution in [1.29, 1.82) is 0 Å². The molecule has 0 bridgehead atoms. The van der Waals surface area contributed by atoms with E-state index in [1.54, 1.807) is 18.2 Å². The van der Waals surface area contributed by atoms with Crippen molar-refractivity contribution >= 4 is 11.9 Å². The highest BCUT2D eigenvalue weighted by molar-refractivity contribution is 5.97. The molecule has 2 aromatic carbocycles. The van der Waals surface area contributed by atoms with E-state index in [1.807, 2.05) is 6.92 Å². The predicted octanol–water partition coefficient (Wildman–Crippen LogP) is 4.69. The van der Waals surface area contributed by atoms with Crippen LogP contribution in [0.1, 0.15) is 46.8 Å². The lowest BCUT2D eigenvalue weighted by molar-refractivity contribution is -0.138. The molecule has 2 aromatic rings. The molecule has 0 aliphatic rings. The second-order valence-electron chi connectivity index (χ2n) is 6.99. The normalized spacial score (nSPS) is 12.3. The number of alkyl halides is 3. The molecule has 0 heterocycles. The highest BCUT2D eigenvalue weighted by Crippen LogP contribution is 2.29. The molecule has 1 atom stereocenters. The van der Waals surface area contributed by atoms with Crippen molar-refractivity contribution in [2.75, 3.05) is 7.11 Å². The smallest absolute Gasteiger partial charge is 0.416 e. The summed E-state index contributed by atoms with van der Waals surface area (Å²) in [6, 6.07) is 9.66. The Bertz CT molecular complexity index is 879. The molecule has 8 heteroatoms. The molecule has 0 aliphatic heterocycles. The number of methoxy groups -OCH3 is 1. The van der Waals surface area contributed by atoms with Gasteiger partial charge in [-0.15, -0.1) is 0 Å². The average Bonchev–Trinajstić information content (AvgIpc) is 2.70. The molecule has 1 unspecified atom stereocenters. The quantitative estimate of drug-likeness (QED) is 0.614. The minimum atomic E-state index is -4.41. The first-order valence-electron chi connectivity index (χ1n) is 9.47. The standard InChI is InChI=1S/C22H24F3NO4/c1-3-14(12-20(27)28)10-16-6-9-19(30-2)18(11-16)21(29)26-13-15-4-7-17(8-5-15)22(23,24)25/h4-9,11,14H,3,10,12-13H2,1-2H3,(H,26,29)(H,27,28). The van der Waals surface area contributed by atoms with Crippen LogP contribution in [0.3, 0.4) is 0 Å². The monoisotopic (exact) mass is 423 g/mol. The van der Waals surface area contributed by atoms with Crippen molar-refractivity contribution in [3.63, 3.8) is 0 Å². The first-order valence-corrected chi connectivity index (χ1v) is 9.47. The second-order valence-corrected chi connectivity index (χ2v) is 6.99. The van der Waals surface area contributed by atoms with Crippen molar-refractivity contribution in [3.05, 3.63) is 64.7 Å². The van der Waals surface area contributed by atoms with Crippen LogP contribution in [-0.2, 0) is 23.9 Å². The third-order valence-corrected chi connectivity index (χ3v) is 4.81. The van der Waals surface area contributed by atoms with Gasteiger partial charge in [-0.2, -0.15) is 13.2 Å². The van der Waals surface area contributed by atoms with Crippen LogP contribution in [0.25, 0.3) is 0 Å². The Morgan fingerprint density at radius 3 is 2.27 bits per heavy atom. The maximum Gasteiger partial charge on any atom is 0.416 e. The number of carbonyl (C=O) groups is 2. The molecule has 2 rings (SSSR count). The highest BCUT2D eigenvalue weighted by atomic mass is 19.4. The van der Waals surface area contributed by atoms with E-state index in [9.17, 15) is 22.8 Å².